The first-order valence-electron chi connectivity index (χ1n) is 8.13. The van der Waals surface area contributed by atoms with E-state index in [-0.39, 0.29) is 17.9 Å². The van der Waals surface area contributed by atoms with E-state index >= 15 is 0 Å². The first-order chi connectivity index (χ1) is 10.5. The van der Waals surface area contributed by atoms with Gasteiger partial charge in [0.25, 0.3) is 0 Å². The normalized spacial score (nSPS) is 23.1. The molecule has 0 radical (unpaired) electrons. The Labute approximate surface area is 131 Å². The van der Waals surface area contributed by atoms with Crippen LogP contribution in [0, 0.1) is 10.8 Å². The molecule has 0 spiro atoms. The number of aliphatic carboxylic acids is 1. The third kappa shape index (κ3) is 3.60. The number of carbonyl (C=O) groups excluding carboxylic acids is 1. The van der Waals surface area contributed by atoms with E-state index in [9.17, 15) is 14.7 Å². The molecule has 0 atom stereocenters. The highest BCUT2D eigenvalue weighted by molar-refractivity contribution is 5.84. The number of hydrogen-bond donors (Lipinski definition) is 2. The molecule has 1 aliphatic carbocycles. The average molecular weight is 313 g/mol. The van der Waals surface area contributed by atoms with E-state index in [4.69, 9.17) is 9.47 Å². The van der Waals surface area contributed by atoms with Gasteiger partial charge in [-0.3, -0.25) is 9.59 Å². The maximum atomic E-state index is 12.7. The Morgan fingerprint density at radius 3 is 2.32 bits per heavy atom. The molecule has 6 heteroatoms. The number of hydrogen-bond acceptors (Lipinski definition) is 4. The summed E-state index contributed by atoms with van der Waals surface area (Å²) in [5.41, 5.74) is -1.25. The average Bonchev–Trinajstić information content (AvgIpc) is 3.01. The smallest absolute Gasteiger partial charge is 0.311 e. The van der Waals surface area contributed by atoms with Gasteiger partial charge in [0.1, 0.15) is 0 Å². The fourth-order valence-corrected chi connectivity index (χ4v) is 3.61. The van der Waals surface area contributed by atoms with Gasteiger partial charge < -0.3 is 19.9 Å². The van der Waals surface area contributed by atoms with Crippen molar-refractivity contribution in [2.24, 2.45) is 10.8 Å². The van der Waals surface area contributed by atoms with Crippen molar-refractivity contribution in [3.05, 3.63) is 0 Å². The fourth-order valence-electron chi connectivity index (χ4n) is 3.61. The molecule has 1 heterocycles. The maximum Gasteiger partial charge on any atom is 0.311 e. The van der Waals surface area contributed by atoms with Crippen LogP contribution in [-0.4, -0.2) is 50.5 Å². The predicted molar refractivity (Wildman–Crippen MR) is 80.5 cm³/mol. The van der Waals surface area contributed by atoms with Gasteiger partial charge in [-0.1, -0.05) is 12.8 Å². The molecule has 1 saturated heterocycles. The molecule has 2 aliphatic rings. The molecule has 126 valence electrons. The van der Waals surface area contributed by atoms with Gasteiger partial charge in [0.2, 0.25) is 5.91 Å². The van der Waals surface area contributed by atoms with Crippen LogP contribution in [0.4, 0.5) is 0 Å². The minimum Gasteiger partial charge on any atom is -0.481 e. The van der Waals surface area contributed by atoms with Crippen molar-refractivity contribution in [2.75, 3.05) is 33.5 Å². The van der Waals surface area contributed by atoms with Crippen molar-refractivity contribution in [2.45, 2.75) is 44.9 Å². The van der Waals surface area contributed by atoms with Crippen molar-refractivity contribution in [3.8, 4) is 0 Å². The van der Waals surface area contributed by atoms with E-state index in [1.54, 1.807) is 7.11 Å². The highest BCUT2D eigenvalue weighted by Crippen LogP contribution is 2.41. The molecular formula is C16H27NO5. The monoisotopic (exact) mass is 313 g/mol. The molecule has 1 aliphatic heterocycles. The molecule has 22 heavy (non-hydrogen) atoms. The lowest BCUT2D eigenvalue weighted by Gasteiger charge is -2.35. The predicted octanol–water partition coefficient (Wildman–Crippen LogP) is 1.58. The minimum absolute atomic E-state index is 0.00540. The second-order valence-corrected chi connectivity index (χ2v) is 6.61. The first kappa shape index (κ1) is 17.2. The van der Waals surface area contributed by atoms with Crippen LogP contribution in [0.2, 0.25) is 0 Å². The van der Waals surface area contributed by atoms with Crippen LogP contribution in [0.3, 0.4) is 0 Å². The third-order valence-corrected chi connectivity index (χ3v) is 5.32. The lowest BCUT2D eigenvalue weighted by Crippen LogP contribution is -2.49. The molecule has 2 fully saturated rings. The van der Waals surface area contributed by atoms with Gasteiger partial charge in [-0.05, 0) is 32.1 Å². The van der Waals surface area contributed by atoms with Gasteiger partial charge in [-0.2, -0.15) is 0 Å². The van der Waals surface area contributed by atoms with Crippen molar-refractivity contribution < 1.29 is 24.2 Å². The van der Waals surface area contributed by atoms with Crippen LogP contribution < -0.4 is 5.32 Å². The van der Waals surface area contributed by atoms with Gasteiger partial charge in [-0.15, -0.1) is 0 Å². The summed E-state index contributed by atoms with van der Waals surface area (Å²) in [5.74, 6) is -0.845. The molecular weight excluding hydrogens is 286 g/mol. The molecule has 0 aromatic rings. The molecule has 2 rings (SSSR count). The highest BCUT2D eigenvalue weighted by atomic mass is 16.5. The van der Waals surface area contributed by atoms with Gasteiger partial charge in [0.05, 0.1) is 10.8 Å². The molecule has 0 aromatic carbocycles. The van der Waals surface area contributed by atoms with E-state index < -0.39 is 11.4 Å². The number of amides is 1. The Bertz CT molecular complexity index is 397. The van der Waals surface area contributed by atoms with Crippen molar-refractivity contribution in [3.63, 3.8) is 0 Å². The zero-order valence-electron chi connectivity index (χ0n) is 13.4. The van der Waals surface area contributed by atoms with E-state index in [1.165, 1.54) is 0 Å². The van der Waals surface area contributed by atoms with Crippen LogP contribution in [0.5, 0.6) is 0 Å². The molecule has 6 nitrogen and oxygen atoms in total. The summed E-state index contributed by atoms with van der Waals surface area (Å²) < 4.78 is 10.4. The number of nitrogens with one attached hydrogen (secondary N) is 1. The molecule has 0 bridgehead atoms. The summed E-state index contributed by atoms with van der Waals surface area (Å²) in [4.78, 5) is 24.3. The summed E-state index contributed by atoms with van der Waals surface area (Å²) in [6.07, 6.45) is 5.45. The molecule has 2 N–H and O–H groups in total. The Morgan fingerprint density at radius 1 is 1.14 bits per heavy atom. The van der Waals surface area contributed by atoms with Gasteiger partial charge in [0, 0.05) is 33.5 Å². The Morgan fingerprint density at radius 2 is 1.77 bits per heavy atom. The summed E-state index contributed by atoms with van der Waals surface area (Å²) in [6, 6.07) is 0. The van der Waals surface area contributed by atoms with E-state index in [2.05, 4.69) is 5.32 Å². The summed E-state index contributed by atoms with van der Waals surface area (Å²) in [6.45, 7) is 1.64. The zero-order chi connectivity index (χ0) is 16.1. The number of carboxylic acid groups (broad SMARTS) is 1. The van der Waals surface area contributed by atoms with Gasteiger partial charge in [-0.25, -0.2) is 0 Å². The maximum absolute atomic E-state index is 12.7. The Kier molecular flexibility index (Phi) is 5.81. The SMILES string of the molecule is COCCC1(C(=O)NCC2(C(=O)O)CCOCC2)CCCC1. The second kappa shape index (κ2) is 7.42. The molecule has 0 aromatic heterocycles. The van der Waals surface area contributed by atoms with Crippen LogP contribution >= 0.6 is 0 Å². The highest BCUT2D eigenvalue weighted by Gasteiger charge is 2.44. The Balaban J connectivity index is 1.98. The molecule has 1 saturated carbocycles. The zero-order valence-corrected chi connectivity index (χ0v) is 13.4. The lowest BCUT2D eigenvalue weighted by molar-refractivity contribution is -0.155. The number of ether oxygens (including phenoxy) is 2. The van der Waals surface area contributed by atoms with Crippen LogP contribution in [0.15, 0.2) is 0 Å². The van der Waals surface area contributed by atoms with Crippen molar-refractivity contribution in [1.82, 2.24) is 5.32 Å². The summed E-state index contributed by atoms with van der Waals surface area (Å²) in [7, 11) is 1.64. The topological polar surface area (TPSA) is 84.9 Å². The number of carbonyl (C=O) groups is 2. The lowest BCUT2D eigenvalue weighted by atomic mass is 9.78. The van der Waals surface area contributed by atoms with E-state index in [0.717, 1.165) is 25.7 Å². The standard InChI is InChI=1S/C16H27NO5/c1-21-9-6-15(4-2-3-5-15)13(18)17-12-16(14(19)20)7-10-22-11-8-16/h2-12H2,1H3,(H,17,18)(H,19,20). The van der Waals surface area contributed by atoms with Gasteiger partial charge in [0.15, 0.2) is 0 Å². The molecule has 0 unspecified atom stereocenters. The quantitative estimate of drug-likeness (QED) is 0.745. The Hall–Kier alpha value is -1.14. The summed E-state index contributed by atoms with van der Waals surface area (Å²) in [5, 5.41) is 12.5. The minimum atomic E-state index is -0.880. The van der Waals surface area contributed by atoms with Crippen LogP contribution in [0.1, 0.15) is 44.9 Å². The number of rotatable bonds is 7. The number of carboxylic acids is 1. The van der Waals surface area contributed by atoms with Gasteiger partial charge >= 0.3 is 5.97 Å². The largest absolute Gasteiger partial charge is 0.481 e. The first-order valence-corrected chi connectivity index (χ1v) is 8.13. The molecule has 1 amide bonds. The van der Waals surface area contributed by atoms with Crippen LogP contribution in [-0.2, 0) is 19.1 Å². The van der Waals surface area contributed by atoms with Crippen LogP contribution in [0.25, 0.3) is 0 Å². The van der Waals surface area contributed by atoms with Crippen molar-refractivity contribution in [1.29, 1.82) is 0 Å². The second-order valence-electron chi connectivity index (χ2n) is 6.61. The van der Waals surface area contributed by atoms with E-state index in [0.29, 0.717) is 39.1 Å². The third-order valence-electron chi connectivity index (χ3n) is 5.32. The number of methoxy groups -OCH3 is 1. The van der Waals surface area contributed by atoms with E-state index in [1.807, 2.05) is 0 Å². The van der Waals surface area contributed by atoms with Crippen molar-refractivity contribution >= 4 is 11.9 Å². The summed E-state index contributed by atoms with van der Waals surface area (Å²) >= 11 is 0. The fraction of sp³-hybridized carbons (Fsp3) is 0.875.